The molecule has 0 radical (unpaired) electrons. The van der Waals surface area contributed by atoms with E-state index in [0.717, 1.165) is 25.6 Å². The van der Waals surface area contributed by atoms with Crippen LogP contribution in [0.15, 0.2) is 0 Å². The molecule has 1 aliphatic heterocycles. The van der Waals surface area contributed by atoms with E-state index >= 15 is 0 Å². The van der Waals surface area contributed by atoms with Crippen molar-refractivity contribution in [1.82, 2.24) is 10.2 Å². The molecule has 2 fully saturated rings. The molecule has 0 aromatic carbocycles. The zero-order chi connectivity index (χ0) is 9.80. The molecule has 2 rings (SSSR count). The van der Waals surface area contributed by atoms with Gasteiger partial charge in [0, 0.05) is 19.6 Å². The van der Waals surface area contributed by atoms with E-state index in [9.17, 15) is 4.79 Å². The van der Waals surface area contributed by atoms with Crippen molar-refractivity contribution in [3.8, 4) is 0 Å². The maximum atomic E-state index is 11.5. The quantitative estimate of drug-likeness (QED) is 0.714. The van der Waals surface area contributed by atoms with Gasteiger partial charge in [0.1, 0.15) is 0 Å². The summed E-state index contributed by atoms with van der Waals surface area (Å²) in [5.74, 6) is 1.08. The minimum absolute atomic E-state index is 0.293. The number of piperazine rings is 1. The van der Waals surface area contributed by atoms with Crippen molar-refractivity contribution in [3.05, 3.63) is 0 Å². The smallest absolute Gasteiger partial charge is 0.236 e. The highest BCUT2D eigenvalue weighted by Gasteiger charge is 2.22. The van der Waals surface area contributed by atoms with Crippen molar-refractivity contribution < 1.29 is 4.79 Å². The van der Waals surface area contributed by atoms with Crippen LogP contribution in [0.2, 0.25) is 0 Å². The van der Waals surface area contributed by atoms with Gasteiger partial charge in [0.15, 0.2) is 0 Å². The maximum absolute atomic E-state index is 11.5. The Morgan fingerprint density at radius 3 is 2.79 bits per heavy atom. The van der Waals surface area contributed by atoms with Gasteiger partial charge in [-0.15, -0.1) is 0 Å². The fourth-order valence-electron chi connectivity index (χ4n) is 2.52. The predicted octanol–water partition coefficient (Wildman–Crippen LogP) is 0.998. The van der Waals surface area contributed by atoms with Crippen LogP contribution in [0.25, 0.3) is 0 Å². The van der Waals surface area contributed by atoms with Gasteiger partial charge in [0.05, 0.1) is 6.54 Å². The van der Waals surface area contributed by atoms with Gasteiger partial charge in [-0.2, -0.15) is 0 Å². The topological polar surface area (TPSA) is 32.3 Å². The zero-order valence-corrected chi connectivity index (χ0v) is 8.80. The summed E-state index contributed by atoms with van der Waals surface area (Å²) >= 11 is 0. The van der Waals surface area contributed by atoms with Crippen LogP contribution in [0, 0.1) is 5.92 Å². The number of carbonyl (C=O) groups is 1. The lowest BCUT2D eigenvalue weighted by atomic mass is 9.89. The first kappa shape index (κ1) is 9.97. The number of rotatable bonds is 2. The fourth-order valence-corrected chi connectivity index (χ4v) is 2.52. The van der Waals surface area contributed by atoms with Gasteiger partial charge in [-0.25, -0.2) is 0 Å². The van der Waals surface area contributed by atoms with Gasteiger partial charge >= 0.3 is 0 Å². The Morgan fingerprint density at radius 2 is 2.07 bits per heavy atom. The molecule has 14 heavy (non-hydrogen) atoms. The third-order valence-corrected chi connectivity index (χ3v) is 3.39. The summed E-state index contributed by atoms with van der Waals surface area (Å²) in [7, 11) is 0. The summed E-state index contributed by atoms with van der Waals surface area (Å²) in [6.45, 7) is 3.45. The average molecular weight is 196 g/mol. The lowest BCUT2D eigenvalue weighted by Gasteiger charge is -2.32. The van der Waals surface area contributed by atoms with Crippen molar-refractivity contribution in [3.63, 3.8) is 0 Å². The van der Waals surface area contributed by atoms with E-state index < -0.39 is 0 Å². The minimum atomic E-state index is 0.293. The highest BCUT2D eigenvalue weighted by atomic mass is 16.2. The van der Waals surface area contributed by atoms with Gasteiger partial charge in [-0.3, -0.25) is 4.79 Å². The lowest BCUT2D eigenvalue weighted by molar-refractivity contribution is -0.132. The number of nitrogens with one attached hydrogen (secondary N) is 1. The zero-order valence-electron chi connectivity index (χ0n) is 8.80. The molecule has 3 heteroatoms. The Kier molecular flexibility index (Phi) is 3.40. The van der Waals surface area contributed by atoms with Gasteiger partial charge in [-0.05, 0) is 18.8 Å². The van der Waals surface area contributed by atoms with Crippen molar-refractivity contribution in [1.29, 1.82) is 0 Å². The molecule has 1 heterocycles. The highest BCUT2D eigenvalue weighted by molar-refractivity contribution is 5.78. The summed E-state index contributed by atoms with van der Waals surface area (Å²) in [4.78, 5) is 13.6. The molecule has 0 atom stereocenters. The van der Waals surface area contributed by atoms with Crippen molar-refractivity contribution >= 4 is 5.91 Å². The second-order valence-corrected chi connectivity index (χ2v) is 4.52. The normalized spacial score (nSPS) is 25.4. The van der Waals surface area contributed by atoms with Gasteiger partial charge < -0.3 is 10.2 Å². The third-order valence-electron chi connectivity index (χ3n) is 3.39. The van der Waals surface area contributed by atoms with E-state index in [0.29, 0.717) is 12.5 Å². The maximum Gasteiger partial charge on any atom is 0.236 e. The van der Waals surface area contributed by atoms with Crippen LogP contribution in [-0.2, 0) is 4.79 Å². The molecule has 2 aliphatic rings. The SMILES string of the molecule is O=C1CNCCN1CC1CCCCC1. The minimum Gasteiger partial charge on any atom is -0.340 e. The molecule has 1 amide bonds. The van der Waals surface area contributed by atoms with Crippen LogP contribution in [0.1, 0.15) is 32.1 Å². The molecule has 1 saturated carbocycles. The molecule has 0 bridgehead atoms. The van der Waals surface area contributed by atoms with Crippen LogP contribution in [0.4, 0.5) is 0 Å². The van der Waals surface area contributed by atoms with Gasteiger partial charge in [-0.1, -0.05) is 19.3 Å². The van der Waals surface area contributed by atoms with Crippen molar-refractivity contribution in [2.45, 2.75) is 32.1 Å². The summed E-state index contributed by atoms with van der Waals surface area (Å²) in [5, 5.41) is 3.11. The standard InChI is InChI=1S/C11H20N2O/c14-11-8-12-6-7-13(11)9-10-4-2-1-3-5-10/h10,12H,1-9H2. The van der Waals surface area contributed by atoms with Crippen molar-refractivity contribution in [2.75, 3.05) is 26.2 Å². The van der Waals surface area contributed by atoms with E-state index in [1.165, 1.54) is 32.1 Å². The fraction of sp³-hybridized carbons (Fsp3) is 0.909. The molecule has 0 aromatic heterocycles. The van der Waals surface area contributed by atoms with Crippen LogP contribution < -0.4 is 5.32 Å². The predicted molar refractivity (Wildman–Crippen MR) is 56.0 cm³/mol. The number of hydrogen-bond acceptors (Lipinski definition) is 2. The molecule has 1 aliphatic carbocycles. The molecule has 1 N–H and O–H groups in total. The van der Waals surface area contributed by atoms with Crippen LogP contribution in [0.5, 0.6) is 0 Å². The summed E-state index contributed by atoms with van der Waals surface area (Å²) in [6.07, 6.45) is 6.79. The first-order valence-electron chi connectivity index (χ1n) is 5.85. The molecule has 1 saturated heterocycles. The van der Waals surface area contributed by atoms with E-state index in [-0.39, 0.29) is 0 Å². The number of amides is 1. The molecule has 3 nitrogen and oxygen atoms in total. The highest BCUT2D eigenvalue weighted by Crippen LogP contribution is 2.24. The van der Waals surface area contributed by atoms with Crippen LogP contribution >= 0.6 is 0 Å². The molecular formula is C11H20N2O. The Bertz CT molecular complexity index is 199. The summed E-state index contributed by atoms with van der Waals surface area (Å²) < 4.78 is 0. The first-order valence-corrected chi connectivity index (χ1v) is 5.85. The Hall–Kier alpha value is -0.570. The summed E-state index contributed by atoms with van der Waals surface area (Å²) in [5.41, 5.74) is 0. The van der Waals surface area contributed by atoms with Crippen LogP contribution in [-0.4, -0.2) is 37.0 Å². The number of carbonyl (C=O) groups excluding carboxylic acids is 1. The molecular weight excluding hydrogens is 176 g/mol. The average Bonchev–Trinajstić information content (AvgIpc) is 2.23. The second-order valence-electron chi connectivity index (χ2n) is 4.52. The van der Waals surface area contributed by atoms with E-state index in [2.05, 4.69) is 5.32 Å². The largest absolute Gasteiger partial charge is 0.340 e. The lowest BCUT2D eigenvalue weighted by Crippen LogP contribution is -2.49. The Balaban J connectivity index is 1.79. The second kappa shape index (κ2) is 4.78. The molecule has 0 aromatic rings. The van der Waals surface area contributed by atoms with Crippen LogP contribution in [0.3, 0.4) is 0 Å². The Morgan fingerprint density at radius 1 is 1.29 bits per heavy atom. The molecule has 80 valence electrons. The van der Waals surface area contributed by atoms with E-state index in [1.54, 1.807) is 0 Å². The van der Waals surface area contributed by atoms with Crippen molar-refractivity contribution in [2.24, 2.45) is 5.92 Å². The molecule has 0 unspecified atom stereocenters. The number of hydrogen-bond donors (Lipinski definition) is 1. The monoisotopic (exact) mass is 196 g/mol. The summed E-state index contributed by atoms with van der Waals surface area (Å²) in [6, 6.07) is 0. The number of nitrogens with zero attached hydrogens (tertiary/aromatic N) is 1. The van der Waals surface area contributed by atoms with Gasteiger partial charge in [0.25, 0.3) is 0 Å². The first-order chi connectivity index (χ1) is 6.86. The Labute approximate surface area is 85.8 Å². The van der Waals surface area contributed by atoms with Gasteiger partial charge in [0.2, 0.25) is 5.91 Å². The molecule has 0 spiro atoms. The van der Waals surface area contributed by atoms with E-state index in [4.69, 9.17) is 0 Å². The van der Waals surface area contributed by atoms with E-state index in [1.807, 2.05) is 4.90 Å². The third kappa shape index (κ3) is 2.47.